The molecule has 0 atom stereocenters. The minimum atomic E-state index is -0.373. The maximum absolute atomic E-state index is 9.47. The SMILES string of the molecule is CC(C)(C)O[C-]=O.[CH2-]Cc1ncc(Br)cc1[CH2-].[Li+]. The number of rotatable bonds is 2. The van der Waals surface area contributed by atoms with Crippen LogP contribution in [0.3, 0.4) is 0 Å². The van der Waals surface area contributed by atoms with E-state index < -0.39 is 0 Å². The first kappa shape index (κ1) is 19.9. The molecule has 1 aromatic rings. The van der Waals surface area contributed by atoms with Crippen LogP contribution in [-0.2, 0) is 16.0 Å². The van der Waals surface area contributed by atoms with E-state index in [0.717, 1.165) is 15.7 Å². The van der Waals surface area contributed by atoms with Crippen LogP contribution in [0, 0.1) is 13.8 Å². The monoisotopic (exact) mass is 305 g/mol. The Morgan fingerprint density at radius 3 is 2.33 bits per heavy atom. The van der Waals surface area contributed by atoms with E-state index in [4.69, 9.17) is 0 Å². The summed E-state index contributed by atoms with van der Waals surface area (Å²) < 4.78 is 5.39. The van der Waals surface area contributed by atoms with Crippen LogP contribution >= 0.6 is 15.9 Å². The van der Waals surface area contributed by atoms with Crippen molar-refractivity contribution in [2.45, 2.75) is 32.8 Å². The second-order valence-electron chi connectivity index (χ2n) is 4.31. The first-order chi connectivity index (χ1) is 7.80. The number of hydrogen-bond donors (Lipinski definition) is 0. The van der Waals surface area contributed by atoms with Crippen LogP contribution in [0.4, 0.5) is 0 Å². The van der Waals surface area contributed by atoms with Gasteiger partial charge in [-0.15, -0.1) is 6.07 Å². The molecule has 0 aliphatic carbocycles. The van der Waals surface area contributed by atoms with Crippen LogP contribution in [0.5, 0.6) is 0 Å². The average molecular weight is 306 g/mol. The average Bonchev–Trinajstić information content (AvgIpc) is 2.16. The van der Waals surface area contributed by atoms with Gasteiger partial charge in [0, 0.05) is 6.20 Å². The molecule has 0 N–H and O–H groups in total. The predicted molar refractivity (Wildman–Crippen MR) is 72.0 cm³/mol. The van der Waals surface area contributed by atoms with E-state index in [2.05, 4.69) is 39.5 Å². The fourth-order valence-electron chi connectivity index (χ4n) is 0.860. The van der Waals surface area contributed by atoms with E-state index in [1.165, 1.54) is 6.47 Å². The molecular formula is C13H17BrLiNO2-2. The topological polar surface area (TPSA) is 39.2 Å². The molecule has 0 aromatic carbocycles. The van der Waals surface area contributed by atoms with Gasteiger partial charge in [0.25, 0.3) is 0 Å². The van der Waals surface area contributed by atoms with Crippen molar-refractivity contribution in [2.24, 2.45) is 0 Å². The third-order valence-electron chi connectivity index (χ3n) is 1.61. The Labute approximate surface area is 130 Å². The smallest absolute Gasteiger partial charge is 0.649 e. The fraction of sp³-hybridized carbons (Fsp3) is 0.385. The Bertz CT molecular complexity index is 364. The van der Waals surface area contributed by atoms with E-state index in [1.54, 1.807) is 27.0 Å². The zero-order valence-corrected chi connectivity index (χ0v) is 13.0. The molecule has 5 heteroatoms. The molecule has 3 nitrogen and oxygen atoms in total. The largest absolute Gasteiger partial charge is 1.00 e. The Morgan fingerprint density at radius 1 is 1.50 bits per heavy atom. The predicted octanol–water partition coefficient (Wildman–Crippen LogP) is 0.276. The molecular weight excluding hydrogens is 289 g/mol. The molecule has 0 amide bonds. The summed E-state index contributed by atoms with van der Waals surface area (Å²) in [4.78, 5) is 13.6. The van der Waals surface area contributed by atoms with Crippen LogP contribution in [0.25, 0.3) is 0 Å². The summed E-state index contributed by atoms with van der Waals surface area (Å²) in [5.74, 6) is 0. The molecule has 0 saturated carbocycles. The van der Waals surface area contributed by atoms with Gasteiger partial charge in [0.1, 0.15) is 0 Å². The summed E-state index contributed by atoms with van der Waals surface area (Å²) in [5.41, 5.74) is 1.54. The number of aromatic nitrogens is 1. The van der Waals surface area contributed by atoms with Crippen molar-refractivity contribution in [3.05, 3.63) is 41.8 Å². The molecule has 0 fully saturated rings. The summed E-state index contributed by atoms with van der Waals surface area (Å²) in [5, 5.41) is 0. The van der Waals surface area contributed by atoms with Gasteiger partial charge in [-0.25, -0.2) is 0 Å². The molecule has 0 saturated heterocycles. The van der Waals surface area contributed by atoms with Gasteiger partial charge in [-0.2, -0.15) is 18.9 Å². The van der Waals surface area contributed by atoms with E-state index in [9.17, 15) is 4.79 Å². The number of hydrogen-bond acceptors (Lipinski definition) is 3. The molecule has 0 bridgehead atoms. The summed E-state index contributed by atoms with van der Waals surface area (Å²) in [6.07, 6.45) is 2.46. The number of ether oxygens (including phenoxy) is 1. The van der Waals surface area contributed by atoms with Gasteiger partial charge in [-0.3, -0.25) is 0 Å². The first-order valence-corrected chi connectivity index (χ1v) is 5.90. The van der Waals surface area contributed by atoms with E-state index in [-0.39, 0.29) is 24.5 Å². The van der Waals surface area contributed by atoms with Gasteiger partial charge >= 0.3 is 18.9 Å². The van der Waals surface area contributed by atoms with Gasteiger partial charge in [0.15, 0.2) is 0 Å². The van der Waals surface area contributed by atoms with Crippen molar-refractivity contribution in [1.82, 2.24) is 4.98 Å². The molecule has 18 heavy (non-hydrogen) atoms. The maximum atomic E-state index is 9.47. The molecule has 1 aromatic heterocycles. The minimum Gasteiger partial charge on any atom is -0.649 e. The number of nitrogens with zero attached hydrogens (tertiary/aromatic N) is 1. The summed E-state index contributed by atoms with van der Waals surface area (Å²) in [7, 11) is 0. The van der Waals surface area contributed by atoms with Crippen LogP contribution in [0.2, 0.25) is 0 Å². The Kier molecular flexibility index (Phi) is 10.5. The Hall–Kier alpha value is -0.433. The van der Waals surface area contributed by atoms with Gasteiger partial charge in [0.05, 0.1) is 5.60 Å². The van der Waals surface area contributed by atoms with Gasteiger partial charge < -0.3 is 21.4 Å². The zero-order valence-electron chi connectivity index (χ0n) is 11.4. The van der Waals surface area contributed by atoms with Crippen molar-refractivity contribution in [3.8, 4) is 0 Å². The van der Waals surface area contributed by atoms with Crippen molar-refractivity contribution in [1.29, 1.82) is 0 Å². The number of carbonyl (C=O) groups excluding carboxylic acids is 1. The quantitative estimate of drug-likeness (QED) is 0.582. The minimum absolute atomic E-state index is 0. The Morgan fingerprint density at radius 2 is 2.06 bits per heavy atom. The van der Waals surface area contributed by atoms with Crippen molar-refractivity contribution < 1.29 is 28.4 Å². The summed E-state index contributed by atoms with van der Waals surface area (Å²) >= 11 is 3.30. The van der Waals surface area contributed by atoms with Crippen LogP contribution < -0.4 is 18.9 Å². The van der Waals surface area contributed by atoms with Gasteiger partial charge in [-0.05, 0) is 25.2 Å². The maximum Gasteiger partial charge on any atom is 1.00 e. The third-order valence-corrected chi connectivity index (χ3v) is 2.04. The molecule has 1 rings (SSSR count). The fourth-order valence-corrected chi connectivity index (χ4v) is 1.24. The zero-order chi connectivity index (χ0) is 13.5. The molecule has 0 aliphatic rings. The summed E-state index contributed by atoms with van der Waals surface area (Å²) in [6.45, 7) is 14.3. The molecule has 0 aliphatic heterocycles. The molecule has 0 unspecified atom stereocenters. The van der Waals surface area contributed by atoms with Gasteiger partial charge in [0.2, 0.25) is 0 Å². The van der Waals surface area contributed by atoms with Crippen molar-refractivity contribution >= 4 is 22.4 Å². The molecule has 96 valence electrons. The van der Waals surface area contributed by atoms with Crippen molar-refractivity contribution in [3.63, 3.8) is 0 Å². The summed E-state index contributed by atoms with van der Waals surface area (Å²) in [6, 6.07) is 1.94. The Balaban J connectivity index is 0. The normalized spacial score (nSPS) is 9.61. The number of pyridine rings is 1. The molecule has 0 spiro atoms. The van der Waals surface area contributed by atoms with E-state index in [1.807, 2.05) is 6.07 Å². The molecule has 0 radical (unpaired) electrons. The van der Waals surface area contributed by atoms with Crippen molar-refractivity contribution in [2.75, 3.05) is 0 Å². The third kappa shape index (κ3) is 9.58. The second-order valence-corrected chi connectivity index (χ2v) is 5.22. The number of halogens is 1. The van der Waals surface area contributed by atoms with Crippen LogP contribution in [-0.4, -0.2) is 17.1 Å². The molecule has 1 heterocycles. The first-order valence-electron chi connectivity index (χ1n) is 5.11. The van der Waals surface area contributed by atoms with Gasteiger partial charge in [-0.1, -0.05) is 28.1 Å². The van der Waals surface area contributed by atoms with E-state index >= 15 is 0 Å². The standard InChI is InChI=1S/C8H8BrN.C5H9O2.Li/c1-3-8-6(2)4-7(9)5-10-8;1-5(2,3)7-4-6;/h4-5H,1-3H2;1-3H3;/q-2;-1;+1. The van der Waals surface area contributed by atoms with Crippen LogP contribution in [0.1, 0.15) is 32.0 Å². The second kappa shape index (κ2) is 9.49. The van der Waals surface area contributed by atoms with E-state index in [0.29, 0.717) is 6.42 Å². The van der Waals surface area contributed by atoms with Crippen LogP contribution in [0.15, 0.2) is 16.7 Å².